The molecule has 12 atom stereocenters. The smallest absolute Gasteiger partial charge is 0.327 e. The zero-order valence-corrected chi connectivity index (χ0v) is 81.0. The number of H-pyrrole nitrogens is 1. The summed E-state index contributed by atoms with van der Waals surface area (Å²) in [6.07, 6.45) is 0.678. The molecule has 4 fully saturated rings. The van der Waals surface area contributed by atoms with Gasteiger partial charge in [-0.1, -0.05) is 44.6 Å². The molecule has 0 aliphatic carbocycles. The van der Waals surface area contributed by atoms with Gasteiger partial charge in [0.25, 0.3) is 23.3 Å². The van der Waals surface area contributed by atoms with E-state index in [1.54, 1.807) is 56.2 Å². The van der Waals surface area contributed by atoms with Gasteiger partial charge < -0.3 is 129 Å². The number of aliphatic imine (C=N–C) groups is 1. The number of thioether (sulfide) groups is 1. The molecule has 5 aliphatic rings. The van der Waals surface area contributed by atoms with E-state index in [2.05, 4.69) is 85.9 Å². The molecule has 2 aromatic heterocycles. The first-order valence-electron chi connectivity index (χ1n) is 46.5. The molecule has 0 spiro atoms. The maximum absolute atomic E-state index is 14.6. The van der Waals surface area contributed by atoms with E-state index in [0.717, 1.165) is 10.5 Å². The number of imide groups is 1. The van der Waals surface area contributed by atoms with Crippen molar-refractivity contribution in [2.75, 3.05) is 89.3 Å². The highest BCUT2D eigenvalue weighted by molar-refractivity contribution is 8.00. The van der Waals surface area contributed by atoms with Gasteiger partial charge in [0.2, 0.25) is 65.0 Å². The predicted octanol–water partition coefficient (Wildman–Crippen LogP) is 0.438. The van der Waals surface area contributed by atoms with Crippen LogP contribution in [-0.2, 0) is 78.4 Å². The number of aliphatic carboxylic acids is 4. The number of carboxylic acids is 4. The second kappa shape index (κ2) is 51.7. The number of benzene rings is 3. The molecule has 50 nitrogen and oxygen atoms in total. The Labute approximate surface area is 829 Å². The summed E-state index contributed by atoms with van der Waals surface area (Å²) in [5.74, 6) is -17.9. The summed E-state index contributed by atoms with van der Waals surface area (Å²) in [5, 5.41) is 70.7. The number of nitrogens with two attached hydrogens (primary N) is 3. The summed E-state index contributed by atoms with van der Waals surface area (Å²) < 4.78 is 29.7. The third kappa shape index (κ3) is 30.7. The van der Waals surface area contributed by atoms with Crippen LogP contribution in [0.25, 0.3) is 11.2 Å². The van der Waals surface area contributed by atoms with E-state index in [-0.39, 0.29) is 143 Å². The fourth-order valence-electron chi connectivity index (χ4n) is 16.4. The summed E-state index contributed by atoms with van der Waals surface area (Å²) >= 11 is 0.649. The Morgan fingerprint density at radius 1 is 0.646 bits per heavy atom. The average molecular weight is 2030 g/mol. The van der Waals surface area contributed by atoms with Gasteiger partial charge in [0.1, 0.15) is 42.3 Å². The molecule has 51 heteroatoms. The number of likely N-dealkylation sites (tertiary alicyclic amines) is 2. The summed E-state index contributed by atoms with van der Waals surface area (Å²) in [6, 6.07) is -1.34. The molecule has 13 amide bonds. The summed E-state index contributed by atoms with van der Waals surface area (Å²) in [6.45, 7) is 15.9. The van der Waals surface area contributed by atoms with Gasteiger partial charge in [-0.15, -0.1) is 11.8 Å². The summed E-state index contributed by atoms with van der Waals surface area (Å²) in [4.78, 5) is 266. The Morgan fingerprint density at radius 3 is 1.88 bits per heavy atom. The number of nitrogens with zero attached hydrogens (tertiary/aromatic N) is 8. The van der Waals surface area contributed by atoms with Crippen molar-refractivity contribution >= 4 is 159 Å². The number of ether oxygens (including phenoxy) is 5. The predicted molar refractivity (Wildman–Crippen MR) is 518 cm³/mol. The molecule has 144 heavy (non-hydrogen) atoms. The van der Waals surface area contributed by atoms with E-state index in [9.17, 15) is 107 Å². The van der Waals surface area contributed by atoms with Crippen LogP contribution in [0.5, 0.6) is 23.0 Å². The topological polar surface area (TPSA) is 736 Å². The SMILES string of the molecule is C=C1C[C@H]2C=Nc3cc(OCCCCCOc4cc(N)c(C(=O)N5CC(=C)C[C@H]5C5OCCN5C(=O)[C@H](C)NC(=O)[C@@H](NC(=O)CCCCCN5C(=O)CC(SC[C@H](NC(=O)[C@H](CC(=O)O)NC(=O)[C@H](CC(=O)O)NC(=O)[C@H](CCCNC(=N)N)NC(=O)[C@H](CC(=O)O)NC(=O)CC[C@@H](C)NC(=O)c6ccc(NCc7cnc8nc(N)[nH]c(=O)c8n7)cc6)C(=O)O)C5=O)C(C)C)cc4OC)c(OC)cc3C(=O)N2C1. The number of nitrogens with one attached hydrogen (secondary N) is 12. The number of carbonyl (C=O) groups excluding carboxylic acids is 13. The van der Waals surface area contributed by atoms with Crippen LogP contribution in [0, 0.1) is 11.3 Å². The van der Waals surface area contributed by atoms with E-state index < -0.39 is 222 Å². The van der Waals surface area contributed by atoms with Crippen molar-refractivity contribution in [1.82, 2.24) is 87.4 Å². The van der Waals surface area contributed by atoms with Crippen molar-refractivity contribution < 1.29 is 126 Å². The highest BCUT2D eigenvalue weighted by atomic mass is 32.2. The monoisotopic (exact) mass is 2020 g/mol. The van der Waals surface area contributed by atoms with Crippen molar-refractivity contribution in [2.24, 2.45) is 16.6 Å². The first kappa shape index (κ1) is 110. The second-order valence-electron chi connectivity index (χ2n) is 35.4. The lowest BCUT2D eigenvalue weighted by Crippen LogP contribution is -2.59. The molecule has 22 N–H and O–H groups in total. The van der Waals surface area contributed by atoms with Gasteiger partial charge in [0.05, 0.1) is 106 Å². The molecule has 5 aliphatic heterocycles. The van der Waals surface area contributed by atoms with Gasteiger partial charge >= 0.3 is 23.9 Å². The standard InChI is InChI=1S/C93H121N23O27S/c1-46(2)76(84(131)103-50(6)86(133)114-26-29-143-90(114)64-31-48(4)44-116(64)87(134)55-32-65(139-7)67(34-57(55)94)141-27-13-10-14-28-142-68-35-59-56(33-66(68)140-8)88(135)115-43-47(3)30-54(115)42-100-59)110-70(117)17-11-9-12-25-113-72(119)39-69(89(113)136)144-45-63(91(137)138)109-83(130)62(38-75(124)125)108-82(129)61(37-74(122)123)107-80(127)58(16-15-24-98-92(95)96)106-81(128)60(36-73(120)121)105-71(118)23-18-49(5)102-79(126)51-19-21-52(22-20-51)99-40-53-41-101-78-77(104-53)85(132)112-93(97)111-78/h19-22,32-35,41-42,46,49-50,54,58,60-64,69,76,90,99H,3-4,9-18,23-31,36-40,43-45,94H2,1-2,5-8H3,(H,102,126)(H,103,131)(H,105,118)(H,106,128)(H,107,127)(H,108,129)(H,109,130)(H,110,117)(H,120,121)(H,122,123)(H,124,125)(H,137,138)(H4,95,96,98)(H3,97,101,111,112,132)/t49-,50+,54+,58+,60+,61+,62+,63+,64+,69?,76+,90?/m1/s1. The zero-order valence-electron chi connectivity index (χ0n) is 80.2. The van der Waals surface area contributed by atoms with Gasteiger partial charge in [-0.3, -0.25) is 102 Å². The van der Waals surface area contributed by atoms with Crippen LogP contribution in [0.3, 0.4) is 0 Å². The van der Waals surface area contributed by atoms with Crippen molar-refractivity contribution in [2.45, 2.75) is 215 Å². The van der Waals surface area contributed by atoms with E-state index in [0.29, 0.717) is 96.1 Å². The minimum Gasteiger partial charge on any atom is -0.493 e. The molecular formula is C93H121N23O27S. The molecular weight excluding hydrogens is 1900 g/mol. The number of hydrogen-bond donors (Lipinski definition) is 19. The zero-order chi connectivity index (χ0) is 105. The number of aromatic amines is 1. The maximum Gasteiger partial charge on any atom is 0.327 e. The molecule has 5 aromatic rings. The second-order valence-corrected chi connectivity index (χ2v) is 36.6. The number of fused-ring (bicyclic) bond motifs is 3. The highest BCUT2D eigenvalue weighted by Crippen LogP contribution is 2.41. The van der Waals surface area contributed by atoms with E-state index in [1.807, 2.05) is 5.32 Å². The Morgan fingerprint density at radius 2 is 1.25 bits per heavy atom. The number of amides is 13. The number of methoxy groups -OCH3 is 2. The van der Waals surface area contributed by atoms with Gasteiger partial charge in [-0.05, 0) is 120 Å². The Kier molecular flexibility index (Phi) is 39.6. The summed E-state index contributed by atoms with van der Waals surface area (Å²) in [5.41, 5.74) is 21.0. The molecule has 0 saturated carbocycles. The number of hydrogen-bond acceptors (Lipinski definition) is 32. The first-order valence-corrected chi connectivity index (χ1v) is 47.6. The molecule has 4 saturated heterocycles. The van der Waals surface area contributed by atoms with Crippen LogP contribution in [0.1, 0.15) is 174 Å². The van der Waals surface area contributed by atoms with Crippen LogP contribution in [0.15, 0.2) is 88.8 Å². The first-order chi connectivity index (χ1) is 68.5. The van der Waals surface area contributed by atoms with Crippen LogP contribution >= 0.6 is 11.8 Å². The molecule has 776 valence electrons. The highest BCUT2D eigenvalue weighted by Gasteiger charge is 2.47. The maximum atomic E-state index is 14.6. The lowest BCUT2D eigenvalue weighted by molar-refractivity contribution is -0.144. The Hall–Kier alpha value is -15.6. The normalized spacial score (nSPS) is 17.5. The number of guanidine groups is 1. The molecule has 2 unspecified atom stereocenters. The third-order valence-electron chi connectivity index (χ3n) is 23.9. The number of unbranched alkanes of at least 4 members (excludes halogenated alkanes) is 4. The van der Waals surface area contributed by atoms with Crippen LogP contribution in [-0.4, -0.2) is 317 Å². The van der Waals surface area contributed by atoms with Gasteiger partial charge in [0.15, 0.2) is 46.3 Å². The van der Waals surface area contributed by atoms with E-state index in [4.69, 9.17) is 46.3 Å². The molecule has 3 aromatic carbocycles. The van der Waals surface area contributed by atoms with Crippen LogP contribution < -0.4 is 94.9 Å². The van der Waals surface area contributed by atoms with Gasteiger partial charge in [-0.2, -0.15) is 4.98 Å². The van der Waals surface area contributed by atoms with E-state index >= 15 is 0 Å². The fourth-order valence-corrected chi connectivity index (χ4v) is 17.6. The van der Waals surface area contributed by atoms with Crippen molar-refractivity contribution in [3.05, 3.63) is 112 Å². The van der Waals surface area contributed by atoms with Crippen LogP contribution in [0.4, 0.5) is 23.0 Å². The number of rotatable bonds is 54. The minimum atomic E-state index is -2.21. The van der Waals surface area contributed by atoms with Crippen molar-refractivity contribution in [3.63, 3.8) is 0 Å². The average Bonchev–Trinajstić information content (AvgIpc) is 1.62. The molecule has 7 heterocycles. The van der Waals surface area contributed by atoms with Gasteiger partial charge in [0, 0.05) is 99.1 Å². The molecule has 0 bridgehead atoms. The third-order valence-corrected chi connectivity index (χ3v) is 25.2. The van der Waals surface area contributed by atoms with Crippen LogP contribution in [0.2, 0.25) is 0 Å². The fraction of sp³-hybridized carbons (Fsp3) is 0.495. The Bertz CT molecular complexity index is 5800. The summed E-state index contributed by atoms with van der Waals surface area (Å²) in [7, 11) is 2.93. The minimum absolute atomic E-state index is 0.0193. The number of anilines is 3. The molecule has 10 rings (SSSR count). The number of carbonyl (C=O) groups is 17. The molecule has 0 radical (unpaired) electrons. The number of carboxylic acid groups (broad SMARTS) is 4. The van der Waals surface area contributed by atoms with Crippen molar-refractivity contribution in [1.29, 1.82) is 5.41 Å². The lowest BCUT2D eigenvalue weighted by atomic mass is 10.0. The van der Waals surface area contributed by atoms with E-state index in [1.165, 1.54) is 61.4 Å². The Balaban J connectivity index is 0.640. The number of aromatic nitrogens is 4. The van der Waals surface area contributed by atoms with Crippen molar-refractivity contribution in [3.8, 4) is 23.0 Å². The quantitative estimate of drug-likeness (QED) is 0.00627. The number of nitrogen functional groups attached to an aromatic ring is 2. The lowest BCUT2D eigenvalue weighted by Gasteiger charge is -2.35. The van der Waals surface area contributed by atoms with Gasteiger partial charge in [-0.25, -0.2) is 14.8 Å². The largest absolute Gasteiger partial charge is 0.493 e.